The molecule has 0 unspecified atom stereocenters. The van der Waals surface area contributed by atoms with E-state index in [-0.39, 0.29) is 0 Å². The quantitative estimate of drug-likeness (QED) is 0.638. The van der Waals surface area contributed by atoms with E-state index >= 15 is 0 Å². The topological polar surface area (TPSA) is 38.9 Å². The van der Waals surface area contributed by atoms with Gasteiger partial charge in [0.2, 0.25) is 0 Å². The maximum Gasteiger partial charge on any atom is 0.146 e. The molecule has 0 fully saturated rings. The smallest absolute Gasteiger partial charge is 0.146 e. The van der Waals surface area contributed by atoms with E-state index < -0.39 is 8.07 Å². The third-order valence-corrected chi connectivity index (χ3v) is 10.8. The molecular weight excluding hydrogens is 284 g/mol. The van der Waals surface area contributed by atoms with Gasteiger partial charge in [0.15, 0.2) is 0 Å². The summed E-state index contributed by atoms with van der Waals surface area (Å²) in [4.78, 5) is 4.08. The predicted octanol–water partition coefficient (Wildman–Crippen LogP) is 4.89. The summed E-state index contributed by atoms with van der Waals surface area (Å²) in [7, 11) is -1.76. The Morgan fingerprint density at radius 2 is 1.60 bits per heavy atom. The molecule has 0 amide bonds. The first-order chi connectivity index (χ1) is 9.23. The summed E-state index contributed by atoms with van der Waals surface area (Å²) in [5.41, 5.74) is 12.0. The molecule has 2 nitrogen and oxygen atoms in total. The number of anilines is 1. The molecule has 0 aliphatic carbocycles. The summed E-state index contributed by atoms with van der Waals surface area (Å²) in [5.74, 6) is 3.68. The van der Waals surface area contributed by atoms with Crippen LogP contribution in [0.4, 0.5) is 5.82 Å². The number of hydrogen-bond donors (Lipinski definition) is 1. The Labute approximate surface area is 129 Å². The van der Waals surface area contributed by atoms with E-state index in [0.29, 0.717) is 33.0 Å². The maximum absolute atomic E-state index is 6.19. The first kappa shape index (κ1) is 17.1. The Hall–Kier alpha value is -0.983. The van der Waals surface area contributed by atoms with Crippen molar-refractivity contribution in [3.8, 4) is 11.5 Å². The second-order valence-corrected chi connectivity index (χ2v) is 12.2. The second kappa shape index (κ2) is 6.65. The van der Waals surface area contributed by atoms with E-state index in [1.807, 2.05) is 0 Å². The molecular formula is C16H25ClN2Si. The molecule has 0 aliphatic rings. The molecule has 110 valence electrons. The van der Waals surface area contributed by atoms with Gasteiger partial charge >= 0.3 is 0 Å². The van der Waals surface area contributed by atoms with Crippen molar-refractivity contribution in [1.82, 2.24) is 4.98 Å². The van der Waals surface area contributed by atoms with Crippen LogP contribution in [0.15, 0.2) is 12.3 Å². The lowest BCUT2D eigenvalue weighted by Gasteiger charge is -2.38. The van der Waals surface area contributed by atoms with Crippen LogP contribution in [-0.4, -0.2) is 13.1 Å². The van der Waals surface area contributed by atoms with Gasteiger partial charge in [0.25, 0.3) is 0 Å². The average Bonchev–Trinajstić information content (AvgIpc) is 2.31. The van der Waals surface area contributed by atoms with Crippen molar-refractivity contribution in [3.05, 3.63) is 22.8 Å². The first-order valence-corrected chi connectivity index (χ1v) is 9.77. The van der Waals surface area contributed by atoms with Gasteiger partial charge in [0.1, 0.15) is 13.9 Å². The molecule has 0 aliphatic heterocycles. The van der Waals surface area contributed by atoms with E-state index in [4.69, 9.17) is 17.3 Å². The number of nitrogen functional groups attached to an aromatic ring is 1. The van der Waals surface area contributed by atoms with Gasteiger partial charge in [-0.15, -0.1) is 5.54 Å². The van der Waals surface area contributed by atoms with E-state index in [9.17, 15) is 0 Å². The van der Waals surface area contributed by atoms with Crippen molar-refractivity contribution in [2.45, 2.75) is 58.2 Å². The third kappa shape index (κ3) is 3.19. The summed E-state index contributed by atoms with van der Waals surface area (Å²) in [6.45, 7) is 13.7. The Bertz CT molecular complexity index is 485. The maximum atomic E-state index is 6.19. The number of halogens is 1. The Morgan fingerprint density at radius 3 is 2.00 bits per heavy atom. The monoisotopic (exact) mass is 308 g/mol. The van der Waals surface area contributed by atoms with Crippen molar-refractivity contribution >= 4 is 25.5 Å². The number of aromatic nitrogens is 1. The average molecular weight is 309 g/mol. The number of nitrogens with zero attached hydrogens (tertiary/aromatic N) is 1. The molecule has 1 heterocycles. The van der Waals surface area contributed by atoms with Gasteiger partial charge in [-0.25, -0.2) is 4.98 Å². The fourth-order valence-electron chi connectivity index (χ4n) is 3.18. The summed E-state index contributed by atoms with van der Waals surface area (Å²) in [5, 5.41) is 0.587. The molecule has 0 spiro atoms. The van der Waals surface area contributed by atoms with Crippen molar-refractivity contribution in [1.29, 1.82) is 0 Å². The van der Waals surface area contributed by atoms with E-state index in [0.717, 1.165) is 0 Å². The fraction of sp³-hybridized carbons (Fsp3) is 0.562. The second-order valence-electron chi connectivity index (χ2n) is 6.20. The summed E-state index contributed by atoms with van der Waals surface area (Å²) >= 11 is 6.19. The van der Waals surface area contributed by atoms with Crippen molar-refractivity contribution in [2.24, 2.45) is 0 Å². The van der Waals surface area contributed by atoms with Crippen LogP contribution in [0.5, 0.6) is 0 Å². The molecule has 1 aromatic heterocycles. The molecule has 1 aromatic rings. The molecule has 0 saturated heterocycles. The van der Waals surface area contributed by atoms with Crippen molar-refractivity contribution in [3.63, 3.8) is 0 Å². The minimum Gasteiger partial charge on any atom is -0.383 e. The molecule has 20 heavy (non-hydrogen) atoms. The summed E-state index contributed by atoms with van der Waals surface area (Å²) < 4.78 is 0. The minimum atomic E-state index is -1.76. The standard InChI is InChI=1S/C16H25ClN2Si/c1-11(2)20(12(3)4,13(5)6)10-8-14-15(17)7-9-19-16(14)18/h7,9,11-13H,1-6H3,(H2,18,19). The summed E-state index contributed by atoms with van der Waals surface area (Å²) in [6, 6.07) is 1.74. The highest BCUT2D eigenvalue weighted by atomic mass is 35.5. The number of nitrogens with two attached hydrogens (primary N) is 1. The molecule has 0 atom stereocenters. The lowest BCUT2D eigenvalue weighted by atomic mass is 10.3. The molecule has 0 radical (unpaired) electrons. The Kier molecular flexibility index (Phi) is 5.67. The van der Waals surface area contributed by atoms with Crippen LogP contribution in [0.25, 0.3) is 0 Å². The highest BCUT2D eigenvalue weighted by Crippen LogP contribution is 2.40. The van der Waals surface area contributed by atoms with E-state index in [1.54, 1.807) is 12.3 Å². The largest absolute Gasteiger partial charge is 0.383 e. The van der Waals surface area contributed by atoms with Gasteiger partial charge < -0.3 is 5.73 Å². The van der Waals surface area contributed by atoms with Gasteiger partial charge in [-0.05, 0) is 22.7 Å². The van der Waals surface area contributed by atoms with Crippen LogP contribution in [0.2, 0.25) is 21.6 Å². The van der Waals surface area contributed by atoms with Crippen LogP contribution < -0.4 is 5.73 Å². The van der Waals surface area contributed by atoms with Crippen LogP contribution in [0.1, 0.15) is 47.1 Å². The van der Waals surface area contributed by atoms with Crippen molar-refractivity contribution < 1.29 is 0 Å². The zero-order chi connectivity index (χ0) is 15.5. The molecule has 0 bridgehead atoms. The number of rotatable bonds is 3. The fourth-order valence-corrected chi connectivity index (χ4v) is 8.59. The highest BCUT2D eigenvalue weighted by Gasteiger charge is 2.41. The molecule has 2 N–H and O–H groups in total. The Morgan fingerprint density at radius 1 is 1.10 bits per heavy atom. The van der Waals surface area contributed by atoms with Crippen LogP contribution in [0.3, 0.4) is 0 Å². The van der Waals surface area contributed by atoms with Crippen LogP contribution >= 0.6 is 11.6 Å². The van der Waals surface area contributed by atoms with Crippen LogP contribution in [-0.2, 0) is 0 Å². The lowest BCUT2D eigenvalue weighted by Crippen LogP contribution is -2.43. The Balaban J connectivity index is 3.39. The van der Waals surface area contributed by atoms with Gasteiger partial charge in [0.05, 0.1) is 10.6 Å². The van der Waals surface area contributed by atoms with Gasteiger partial charge in [0, 0.05) is 6.20 Å². The van der Waals surface area contributed by atoms with E-state index in [1.165, 1.54) is 0 Å². The van der Waals surface area contributed by atoms with Gasteiger partial charge in [-0.2, -0.15) is 0 Å². The summed E-state index contributed by atoms with van der Waals surface area (Å²) in [6.07, 6.45) is 1.61. The van der Waals surface area contributed by atoms with Gasteiger partial charge in [-0.1, -0.05) is 59.1 Å². The number of pyridine rings is 1. The molecule has 1 rings (SSSR count). The zero-order valence-corrected chi connectivity index (χ0v) is 15.0. The number of hydrogen-bond acceptors (Lipinski definition) is 2. The van der Waals surface area contributed by atoms with E-state index in [2.05, 4.69) is 58.0 Å². The lowest BCUT2D eigenvalue weighted by molar-refractivity contribution is 0.838. The first-order valence-electron chi connectivity index (χ1n) is 7.16. The molecule has 0 saturated carbocycles. The molecule has 4 heteroatoms. The molecule has 0 aromatic carbocycles. The SMILES string of the molecule is CC(C)[Si](C#Cc1c(Cl)ccnc1N)(C(C)C)C(C)C. The van der Waals surface area contributed by atoms with Gasteiger partial charge in [-0.3, -0.25) is 0 Å². The third-order valence-electron chi connectivity index (χ3n) is 4.20. The highest BCUT2D eigenvalue weighted by molar-refractivity contribution is 6.90. The zero-order valence-electron chi connectivity index (χ0n) is 13.3. The van der Waals surface area contributed by atoms with Crippen LogP contribution in [0, 0.1) is 11.5 Å². The normalized spacial score (nSPS) is 11.9. The van der Waals surface area contributed by atoms with Crippen molar-refractivity contribution in [2.75, 3.05) is 5.73 Å². The minimum absolute atomic E-state index is 0.421. The predicted molar refractivity (Wildman–Crippen MR) is 91.6 cm³/mol.